The number of hydrogen-bond acceptors (Lipinski definition) is 2. The molecule has 1 N–H and O–H groups in total. The number of carbonyl (C=O) groups is 1. The zero-order valence-electron chi connectivity index (χ0n) is 11.7. The molecule has 0 rings (SSSR count). The van der Waals surface area contributed by atoms with E-state index < -0.39 is 0 Å². The molecule has 0 aliphatic carbocycles. The Bertz CT molecular complexity index is 193. The van der Waals surface area contributed by atoms with Crippen LogP contribution < -0.4 is 5.32 Å². The SMILES string of the molecule is CCC(CNC)CC(=O)CCCC(C)(C)C. The molecule has 0 amide bonds. The van der Waals surface area contributed by atoms with Crippen molar-refractivity contribution < 1.29 is 4.79 Å². The quantitative estimate of drug-likeness (QED) is 0.688. The molecule has 0 aromatic rings. The summed E-state index contributed by atoms with van der Waals surface area (Å²) in [6.07, 6.45) is 4.78. The molecule has 0 bridgehead atoms. The van der Waals surface area contributed by atoms with Crippen LogP contribution in [0.15, 0.2) is 0 Å². The lowest BCUT2D eigenvalue weighted by Crippen LogP contribution is -2.21. The molecule has 2 nitrogen and oxygen atoms in total. The molecule has 0 saturated carbocycles. The van der Waals surface area contributed by atoms with Crippen molar-refractivity contribution in [2.75, 3.05) is 13.6 Å². The summed E-state index contributed by atoms with van der Waals surface area (Å²) in [5, 5.41) is 3.15. The fourth-order valence-electron chi connectivity index (χ4n) is 1.89. The third-order valence-electron chi connectivity index (χ3n) is 2.97. The molecule has 0 aromatic heterocycles. The second-order valence-electron chi connectivity index (χ2n) is 5.99. The summed E-state index contributed by atoms with van der Waals surface area (Å²) in [6, 6.07) is 0. The summed E-state index contributed by atoms with van der Waals surface area (Å²) in [4.78, 5) is 11.7. The van der Waals surface area contributed by atoms with Crippen LogP contribution >= 0.6 is 0 Å². The fourth-order valence-corrected chi connectivity index (χ4v) is 1.89. The first-order valence-corrected chi connectivity index (χ1v) is 6.55. The Morgan fingerprint density at radius 3 is 2.38 bits per heavy atom. The van der Waals surface area contributed by atoms with E-state index in [1.54, 1.807) is 0 Å². The van der Waals surface area contributed by atoms with Gasteiger partial charge in [-0.25, -0.2) is 0 Å². The summed E-state index contributed by atoms with van der Waals surface area (Å²) >= 11 is 0. The lowest BCUT2D eigenvalue weighted by molar-refractivity contribution is -0.120. The maximum atomic E-state index is 11.7. The third kappa shape index (κ3) is 8.90. The molecule has 0 radical (unpaired) electrons. The highest BCUT2D eigenvalue weighted by Crippen LogP contribution is 2.22. The van der Waals surface area contributed by atoms with Gasteiger partial charge in [0.15, 0.2) is 0 Å². The summed E-state index contributed by atoms with van der Waals surface area (Å²) < 4.78 is 0. The molecule has 1 unspecified atom stereocenters. The predicted octanol–water partition coefficient (Wildman–Crippen LogP) is 3.41. The second-order valence-corrected chi connectivity index (χ2v) is 5.99. The van der Waals surface area contributed by atoms with Gasteiger partial charge in [0.05, 0.1) is 0 Å². The van der Waals surface area contributed by atoms with E-state index in [1.165, 1.54) is 0 Å². The summed E-state index contributed by atoms with van der Waals surface area (Å²) in [6.45, 7) is 9.81. The maximum absolute atomic E-state index is 11.7. The first kappa shape index (κ1) is 15.6. The molecular weight excluding hydrogens is 198 g/mol. The number of nitrogens with one attached hydrogen (secondary N) is 1. The zero-order valence-corrected chi connectivity index (χ0v) is 11.7. The molecule has 0 aliphatic heterocycles. The Labute approximate surface area is 101 Å². The van der Waals surface area contributed by atoms with Crippen LogP contribution in [-0.2, 0) is 4.79 Å². The largest absolute Gasteiger partial charge is 0.319 e. The van der Waals surface area contributed by atoms with E-state index in [0.717, 1.165) is 38.6 Å². The van der Waals surface area contributed by atoms with Gasteiger partial charge < -0.3 is 5.32 Å². The van der Waals surface area contributed by atoms with E-state index >= 15 is 0 Å². The normalized spacial score (nSPS) is 13.8. The van der Waals surface area contributed by atoms with Crippen LogP contribution in [0.3, 0.4) is 0 Å². The molecular formula is C14H29NO. The van der Waals surface area contributed by atoms with Crippen LogP contribution in [0, 0.1) is 11.3 Å². The lowest BCUT2D eigenvalue weighted by atomic mass is 9.88. The molecule has 0 heterocycles. The van der Waals surface area contributed by atoms with Gasteiger partial charge in [0.2, 0.25) is 0 Å². The lowest BCUT2D eigenvalue weighted by Gasteiger charge is -2.18. The highest BCUT2D eigenvalue weighted by molar-refractivity contribution is 5.78. The second kappa shape index (κ2) is 7.83. The number of Topliss-reactive ketones (excluding diaryl/α,β-unsaturated/α-hetero) is 1. The third-order valence-corrected chi connectivity index (χ3v) is 2.97. The van der Waals surface area contributed by atoms with Crippen molar-refractivity contribution in [1.29, 1.82) is 0 Å². The Morgan fingerprint density at radius 2 is 1.94 bits per heavy atom. The van der Waals surface area contributed by atoms with E-state index in [4.69, 9.17) is 0 Å². The minimum atomic E-state index is 0.357. The van der Waals surface area contributed by atoms with Crippen LogP contribution in [0.1, 0.15) is 59.8 Å². The van der Waals surface area contributed by atoms with Crippen molar-refractivity contribution in [2.45, 2.75) is 59.8 Å². The first-order chi connectivity index (χ1) is 7.39. The average Bonchev–Trinajstić information content (AvgIpc) is 2.15. The van der Waals surface area contributed by atoms with Gasteiger partial charge >= 0.3 is 0 Å². The maximum Gasteiger partial charge on any atom is 0.133 e. The van der Waals surface area contributed by atoms with E-state index in [1.807, 2.05) is 7.05 Å². The first-order valence-electron chi connectivity index (χ1n) is 6.55. The van der Waals surface area contributed by atoms with Crippen LogP contribution in [0.25, 0.3) is 0 Å². The predicted molar refractivity (Wildman–Crippen MR) is 70.6 cm³/mol. The van der Waals surface area contributed by atoms with Gasteiger partial charge in [-0.1, -0.05) is 34.1 Å². The number of rotatable bonds is 8. The molecule has 0 fully saturated rings. The molecule has 16 heavy (non-hydrogen) atoms. The van der Waals surface area contributed by atoms with Crippen molar-refractivity contribution >= 4 is 5.78 Å². The Hall–Kier alpha value is -0.370. The minimum absolute atomic E-state index is 0.357. The highest BCUT2D eigenvalue weighted by Gasteiger charge is 2.14. The molecule has 0 saturated heterocycles. The molecule has 2 heteroatoms. The highest BCUT2D eigenvalue weighted by atomic mass is 16.1. The van der Waals surface area contributed by atoms with Gasteiger partial charge in [-0.3, -0.25) is 4.79 Å². The van der Waals surface area contributed by atoms with Crippen LogP contribution in [0.4, 0.5) is 0 Å². The monoisotopic (exact) mass is 227 g/mol. The summed E-state index contributed by atoms with van der Waals surface area (Å²) in [5.41, 5.74) is 0.357. The number of carbonyl (C=O) groups excluding carboxylic acids is 1. The summed E-state index contributed by atoms with van der Waals surface area (Å²) in [5.74, 6) is 0.957. The van der Waals surface area contributed by atoms with Crippen molar-refractivity contribution in [3.8, 4) is 0 Å². The number of hydrogen-bond donors (Lipinski definition) is 1. The van der Waals surface area contributed by atoms with Crippen LogP contribution in [0.2, 0.25) is 0 Å². The van der Waals surface area contributed by atoms with Crippen molar-refractivity contribution in [3.05, 3.63) is 0 Å². The van der Waals surface area contributed by atoms with Gasteiger partial charge in [0.25, 0.3) is 0 Å². The molecule has 96 valence electrons. The smallest absolute Gasteiger partial charge is 0.133 e. The average molecular weight is 227 g/mol. The zero-order chi connectivity index (χ0) is 12.6. The van der Waals surface area contributed by atoms with Crippen molar-refractivity contribution in [3.63, 3.8) is 0 Å². The van der Waals surface area contributed by atoms with E-state index in [0.29, 0.717) is 17.1 Å². The van der Waals surface area contributed by atoms with Crippen LogP contribution in [-0.4, -0.2) is 19.4 Å². The van der Waals surface area contributed by atoms with E-state index in [-0.39, 0.29) is 0 Å². The fraction of sp³-hybridized carbons (Fsp3) is 0.929. The molecule has 0 aromatic carbocycles. The summed E-state index contributed by atoms with van der Waals surface area (Å²) in [7, 11) is 1.95. The van der Waals surface area contributed by atoms with Gasteiger partial charge in [0.1, 0.15) is 5.78 Å². The van der Waals surface area contributed by atoms with Crippen molar-refractivity contribution in [1.82, 2.24) is 5.32 Å². The Kier molecular flexibility index (Phi) is 7.65. The topological polar surface area (TPSA) is 29.1 Å². The Balaban J connectivity index is 3.72. The minimum Gasteiger partial charge on any atom is -0.319 e. The van der Waals surface area contributed by atoms with E-state index in [2.05, 4.69) is 33.0 Å². The Morgan fingerprint density at radius 1 is 1.31 bits per heavy atom. The molecule has 0 aliphatic rings. The van der Waals surface area contributed by atoms with Gasteiger partial charge in [-0.05, 0) is 37.8 Å². The molecule has 0 spiro atoms. The molecule has 1 atom stereocenters. The van der Waals surface area contributed by atoms with Gasteiger partial charge in [-0.2, -0.15) is 0 Å². The van der Waals surface area contributed by atoms with E-state index in [9.17, 15) is 4.79 Å². The van der Waals surface area contributed by atoms with Crippen molar-refractivity contribution in [2.24, 2.45) is 11.3 Å². The van der Waals surface area contributed by atoms with Gasteiger partial charge in [-0.15, -0.1) is 0 Å². The van der Waals surface area contributed by atoms with Crippen LogP contribution in [0.5, 0.6) is 0 Å². The standard InChI is InChI=1S/C14H29NO/c1-6-12(11-15-5)10-13(16)8-7-9-14(2,3)4/h12,15H,6-11H2,1-5H3. The van der Waals surface area contributed by atoms with Gasteiger partial charge in [0, 0.05) is 12.8 Å². The number of ketones is 1.